The van der Waals surface area contributed by atoms with Gasteiger partial charge in [-0.15, -0.1) is 0 Å². The maximum Gasteiger partial charge on any atom is 0.0572 e. The van der Waals surface area contributed by atoms with E-state index in [4.69, 9.17) is 0 Å². The van der Waals surface area contributed by atoms with Gasteiger partial charge in [0.1, 0.15) is 0 Å². The summed E-state index contributed by atoms with van der Waals surface area (Å²) in [6.45, 7) is 9.38. The molecule has 2 heteroatoms. The molecule has 0 bridgehead atoms. The van der Waals surface area contributed by atoms with Crippen LogP contribution in [0.4, 0.5) is 0 Å². The molecular formula is C12H22N2. The summed E-state index contributed by atoms with van der Waals surface area (Å²) >= 11 is 0. The zero-order valence-corrected chi connectivity index (χ0v) is 9.99. The van der Waals surface area contributed by atoms with Crippen LogP contribution in [0.2, 0.25) is 0 Å². The summed E-state index contributed by atoms with van der Waals surface area (Å²) < 4.78 is 0. The average Bonchev–Trinajstić information content (AvgIpc) is 2.31. The van der Waals surface area contributed by atoms with Gasteiger partial charge in [0.2, 0.25) is 0 Å². The van der Waals surface area contributed by atoms with Gasteiger partial charge >= 0.3 is 0 Å². The van der Waals surface area contributed by atoms with Gasteiger partial charge in [-0.1, -0.05) is 26.8 Å². The van der Waals surface area contributed by atoms with Crippen molar-refractivity contribution >= 4 is 0 Å². The smallest absolute Gasteiger partial charge is 0.0572 e. The molecule has 1 unspecified atom stereocenters. The second kappa shape index (κ2) is 7.51. The van der Waals surface area contributed by atoms with E-state index in [1.54, 1.807) is 0 Å². The second-order valence-electron chi connectivity index (χ2n) is 3.00. The Morgan fingerprint density at radius 1 is 1.36 bits per heavy atom. The lowest BCUT2D eigenvalue weighted by Gasteiger charge is -2.22. The van der Waals surface area contributed by atoms with Crippen LogP contribution in [0.25, 0.3) is 0 Å². The maximum atomic E-state index is 4.31. The van der Waals surface area contributed by atoms with Gasteiger partial charge in [-0.2, -0.15) is 0 Å². The molecule has 0 saturated heterocycles. The minimum Gasteiger partial charge on any atom is -0.298 e. The zero-order valence-electron chi connectivity index (χ0n) is 9.99. The minimum absolute atomic E-state index is 0.413. The molecular weight excluding hydrogens is 172 g/mol. The minimum atomic E-state index is 0.413. The van der Waals surface area contributed by atoms with Gasteiger partial charge in [-0.25, -0.2) is 0 Å². The third-order valence-corrected chi connectivity index (χ3v) is 2.28. The number of pyridine rings is 1. The highest BCUT2D eigenvalue weighted by Gasteiger charge is 2.09. The molecule has 1 aromatic rings. The lowest BCUT2D eigenvalue weighted by Crippen LogP contribution is -2.22. The van der Waals surface area contributed by atoms with Crippen molar-refractivity contribution in [2.24, 2.45) is 0 Å². The van der Waals surface area contributed by atoms with Gasteiger partial charge in [-0.05, 0) is 32.6 Å². The SMILES string of the molecule is CC.CCN(C)C(C)c1ccccn1. The number of nitrogens with zero attached hydrogens (tertiary/aromatic N) is 2. The van der Waals surface area contributed by atoms with Crippen LogP contribution in [-0.2, 0) is 0 Å². The molecule has 1 rings (SSSR count). The fourth-order valence-electron chi connectivity index (χ4n) is 1.12. The molecule has 0 spiro atoms. The molecule has 0 radical (unpaired) electrons. The molecule has 80 valence electrons. The van der Waals surface area contributed by atoms with Crippen molar-refractivity contribution in [3.63, 3.8) is 0 Å². The number of rotatable bonds is 3. The van der Waals surface area contributed by atoms with Crippen LogP contribution in [0.5, 0.6) is 0 Å². The highest BCUT2D eigenvalue weighted by atomic mass is 15.1. The number of hydrogen-bond donors (Lipinski definition) is 0. The van der Waals surface area contributed by atoms with Crippen LogP contribution in [0.1, 0.15) is 39.4 Å². The summed E-state index contributed by atoms with van der Waals surface area (Å²) in [5, 5.41) is 0. The Kier molecular flexibility index (Phi) is 7.03. The normalized spacial score (nSPS) is 11.9. The van der Waals surface area contributed by atoms with E-state index in [2.05, 4.69) is 36.8 Å². The van der Waals surface area contributed by atoms with E-state index in [1.165, 1.54) is 0 Å². The Hall–Kier alpha value is -0.890. The summed E-state index contributed by atoms with van der Waals surface area (Å²) in [6, 6.07) is 6.46. The lowest BCUT2D eigenvalue weighted by molar-refractivity contribution is 0.271. The Labute approximate surface area is 88.0 Å². The Morgan fingerprint density at radius 3 is 2.43 bits per heavy atom. The number of hydrogen-bond acceptors (Lipinski definition) is 2. The molecule has 14 heavy (non-hydrogen) atoms. The molecule has 1 aromatic heterocycles. The first-order valence-electron chi connectivity index (χ1n) is 5.37. The van der Waals surface area contributed by atoms with Gasteiger partial charge < -0.3 is 0 Å². The van der Waals surface area contributed by atoms with E-state index < -0.39 is 0 Å². The van der Waals surface area contributed by atoms with Crippen molar-refractivity contribution in [3.8, 4) is 0 Å². The van der Waals surface area contributed by atoms with Gasteiger partial charge in [-0.3, -0.25) is 9.88 Å². The standard InChI is InChI=1S/C10H16N2.C2H6/c1-4-12(3)9(2)10-7-5-6-8-11-10;1-2/h5-9H,4H2,1-3H3;1-2H3. The summed E-state index contributed by atoms with van der Waals surface area (Å²) in [5.74, 6) is 0. The van der Waals surface area contributed by atoms with Crippen molar-refractivity contribution in [3.05, 3.63) is 30.1 Å². The summed E-state index contributed by atoms with van der Waals surface area (Å²) in [6.07, 6.45) is 1.84. The van der Waals surface area contributed by atoms with E-state index in [-0.39, 0.29) is 0 Å². The van der Waals surface area contributed by atoms with Crippen LogP contribution in [0.15, 0.2) is 24.4 Å². The Bertz CT molecular complexity index is 221. The van der Waals surface area contributed by atoms with E-state index in [0.29, 0.717) is 6.04 Å². The number of aromatic nitrogens is 1. The summed E-state index contributed by atoms with van der Waals surface area (Å²) in [5.41, 5.74) is 1.14. The molecule has 1 heterocycles. The lowest BCUT2D eigenvalue weighted by atomic mass is 10.2. The van der Waals surface area contributed by atoms with Crippen molar-refractivity contribution < 1.29 is 0 Å². The van der Waals surface area contributed by atoms with Crippen molar-refractivity contribution in [1.82, 2.24) is 9.88 Å². The van der Waals surface area contributed by atoms with Crippen LogP contribution in [-0.4, -0.2) is 23.5 Å². The molecule has 0 saturated carbocycles. The predicted molar refractivity (Wildman–Crippen MR) is 62.3 cm³/mol. The Balaban J connectivity index is 0.000000791. The third kappa shape index (κ3) is 3.88. The van der Waals surface area contributed by atoms with E-state index >= 15 is 0 Å². The largest absolute Gasteiger partial charge is 0.298 e. The quantitative estimate of drug-likeness (QED) is 0.735. The van der Waals surface area contributed by atoms with Crippen molar-refractivity contribution in [1.29, 1.82) is 0 Å². The summed E-state index contributed by atoms with van der Waals surface area (Å²) in [7, 11) is 2.11. The van der Waals surface area contributed by atoms with Gasteiger partial charge in [0.15, 0.2) is 0 Å². The molecule has 0 aliphatic rings. The molecule has 0 aliphatic heterocycles. The second-order valence-corrected chi connectivity index (χ2v) is 3.00. The molecule has 0 amide bonds. The molecule has 0 aliphatic carbocycles. The van der Waals surface area contributed by atoms with Crippen LogP contribution < -0.4 is 0 Å². The average molecular weight is 194 g/mol. The fourth-order valence-corrected chi connectivity index (χ4v) is 1.12. The highest BCUT2D eigenvalue weighted by molar-refractivity contribution is 5.07. The van der Waals surface area contributed by atoms with E-state index in [0.717, 1.165) is 12.2 Å². The first-order valence-corrected chi connectivity index (χ1v) is 5.37. The third-order valence-electron chi connectivity index (χ3n) is 2.28. The predicted octanol–water partition coefficient (Wildman–Crippen LogP) is 3.12. The maximum absolute atomic E-state index is 4.31. The van der Waals surface area contributed by atoms with Crippen LogP contribution in [0.3, 0.4) is 0 Å². The first kappa shape index (κ1) is 13.1. The fraction of sp³-hybridized carbons (Fsp3) is 0.583. The summed E-state index contributed by atoms with van der Waals surface area (Å²) in [4.78, 5) is 6.57. The Morgan fingerprint density at radius 2 is 2.00 bits per heavy atom. The van der Waals surface area contributed by atoms with Crippen molar-refractivity contribution in [2.75, 3.05) is 13.6 Å². The van der Waals surface area contributed by atoms with Gasteiger partial charge in [0.05, 0.1) is 5.69 Å². The van der Waals surface area contributed by atoms with Crippen molar-refractivity contribution in [2.45, 2.75) is 33.7 Å². The first-order chi connectivity index (χ1) is 6.75. The zero-order chi connectivity index (χ0) is 11.0. The molecule has 0 aromatic carbocycles. The van der Waals surface area contributed by atoms with Gasteiger partial charge in [0.25, 0.3) is 0 Å². The monoisotopic (exact) mass is 194 g/mol. The topological polar surface area (TPSA) is 16.1 Å². The highest BCUT2D eigenvalue weighted by Crippen LogP contribution is 2.14. The van der Waals surface area contributed by atoms with E-state index in [1.807, 2.05) is 32.2 Å². The van der Waals surface area contributed by atoms with Crippen LogP contribution >= 0.6 is 0 Å². The molecule has 2 nitrogen and oxygen atoms in total. The van der Waals surface area contributed by atoms with Crippen LogP contribution in [0, 0.1) is 0 Å². The van der Waals surface area contributed by atoms with Gasteiger partial charge in [0, 0.05) is 12.2 Å². The van der Waals surface area contributed by atoms with E-state index in [9.17, 15) is 0 Å². The molecule has 0 fully saturated rings. The molecule has 1 atom stereocenters. The molecule has 0 N–H and O–H groups in total.